The van der Waals surface area contributed by atoms with Crippen molar-refractivity contribution in [1.29, 1.82) is 0 Å². The van der Waals surface area contributed by atoms with Crippen LogP contribution in [0.2, 0.25) is 0 Å². The van der Waals surface area contributed by atoms with Crippen molar-refractivity contribution in [2.45, 2.75) is 25.1 Å². The monoisotopic (exact) mass is 211 g/mol. The number of carbonyl (C=O) groups is 1. The van der Waals surface area contributed by atoms with Gasteiger partial charge in [0, 0.05) is 0 Å². The van der Waals surface area contributed by atoms with Crippen molar-refractivity contribution in [2.24, 2.45) is 0 Å². The molecule has 0 aliphatic heterocycles. The lowest BCUT2D eigenvalue weighted by atomic mass is 10.3. The molecule has 0 radical (unpaired) electrons. The fourth-order valence-corrected chi connectivity index (χ4v) is 1.34. The van der Waals surface area contributed by atoms with Crippen molar-refractivity contribution < 1.29 is 23.4 Å². The Kier molecular flexibility index (Phi) is 4.31. The van der Waals surface area contributed by atoms with Crippen LogP contribution < -0.4 is 4.72 Å². The molecular formula is C6H13NO5S. The van der Waals surface area contributed by atoms with Gasteiger partial charge in [0.25, 0.3) is 0 Å². The van der Waals surface area contributed by atoms with Gasteiger partial charge in [-0.25, -0.2) is 8.42 Å². The van der Waals surface area contributed by atoms with E-state index in [2.05, 4.69) is 0 Å². The van der Waals surface area contributed by atoms with Gasteiger partial charge in [-0.15, -0.1) is 0 Å². The quantitative estimate of drug-likeness (QED) is 0.527. The SMILES string of the molecule is CC(C)S(=O)(=O)N[C@H](CO)C(=O)O. The largest absolute Gasteiger partial charge is 0.480 e. The second-order valence-corrected chi connectivity index (χ2v) is 5.05. The van der Waals surface area contributed by atoms with E-state index in [1.54, 1.807) is 0 Å². The van der Waals surface area contributed by atoms with Crippen molar-refractivity contribution in [3.05, 3.63) is 0 Å². The number of sulfonamides is 1. The minimum absolute atomic E-state index is 0.721. The van der Waals surface area contributed by atoms with Gasteiger partial charge in [-0.3, -0.25) is 4.79 Å². The van der Waals surface area contributed by atoms with Crippen LogP contribution in [0, 0.1) is 0 Å². The number of nitrogens with one attached hydrogen (secondary N) is 1. The zero-order valence-corrected chi connectivity index (χ0v) is 8.21. The standard InChI is InChI=1S/C6H13NO5S/c1-4(2)13(11,12)7-5(3-8)6(9)10/h4-5,7-8H,3H2,1-2H3,(H,9,10)/t5-/m1/s1. The van der Waals surface area contributed by atoms with Gasteiger partial charge >= 0.3 is 5.97 Å². The van der Waals surface area contributed by atoms with Gasteiger partial charge < -0.3 is 10.2 Å². The van der Waals surface area contributed by atoms with Crippen molar-refractivity contribution in [3.8, 4) is 0 Å². The van der Waals surface area contributed by atoms with Gasteiger partial charge in [-0.1, -0.05) is 0 Å². The van der Waals surface area contributed by atoms with E-state index >= 15 is 0 Å². The zero-order chi connectivity index (χ0) is 10.6. The van der Waals surface area contributed by atoms with Crippen molar-refractivity contribution in [2.75, 3.05) is 6.61 Å². The first-order valence-electron chi connectivity index (χ1n) is 3.66. The lowest BCUT2D eigenvalue weighted by Crippen LogP contribution is -2.45. The van der Waals surface area contributed by atoms with Crippen LogP contribution in [0.5, 0.6) is 0 Å². The van der Waals surface area contributed by atoms with Crippen LogP contribution in [0.4, 0.5) is 0 Å². The molecule has 0 saturated heterocycles. The van der Waals surface area contributed by atoms with Gasteiger partial charge in [0.05, 0.1) is 11.9 Å². The number of rotatable bonds is 5. The Morgan fingerprint density at radius 2 is 1.92 bits per heavy atom. The summed E-state index contributed by atoms with van der Waals surface area (Å²) in [6, 6.07) is -1.47. The van der Waals surface area contributed by atoms with Crippen molar-refractivity contribution >= 4 is 16.0 Å². The molecule has 0 aromatic heterocycles. The maximum Gasteiger partial charge on any atom is 0.324 e. The van der Waals surface area contributed by atoms with Crippen LogP contribution in [0.1, 0.15) is 13.8 Å². The first-order chi connectivity index (χ1) is 5.81. The maximum atomic E-state index is 11.1. The zero-order valence-electron chi connectivity index (χ0n) is 7.39. The molecule has 0 aromatic rings. The first-order valence-corrected chi connectivity index (χ1v) is 5.20. The molecule has 78 valence electrons. The van der Waals surface area contributed by atoms with Crippen LogP contribution >= 0.6 is 0 Å². The van der Waals surface area contributed by atoms with Gasteiger partial charge in [-0.2, -0.15) is 4.72 Å². The molecule has 3 N–H and O–H groups in total. The number of carboxylic acids is 1. The molecule has 0 aliphatic carbocycles. The number of hydrogen-bond donors (Lipinski definition) is 3. The summed E-state index contributed by atoms with van der Waals surface area (Å²) >= 11 is 0. The fraction of sp³-hybridized carbons (Fsp3) is 0.833. The van der Waals surface area contributed by atoms with Crippen LogP contribution in [0.25, 0.3) is 0 Å². The molecule has 0 saturated carbocycles. The Bertz CT molecular complexity index is 271. The summed E-state index contributed by atoms with van der Waals surface area (Å²) < 4.78 is 24.1. The number of aliphatic hydroxyl groups excluding tert-OH is 1. The third-order valence-electron chi connectivity index (χ3n) is 1.41. The second-order valence-electron chi connectivity index (χ2n) is 2.79. The van der Waals surface area contributed by atoms with Crippen molar-refractivity contribution in [1.82, 2.24) is 4.72 Å². The molecular weight excluding hydrogens is 198 g/mol. The minimum atomic E-state index is -3.65. The summed E-state index contributed by atoms with van der Waals surface area (Å²) in [5, 5.41) is 16.2. The van der Waals surface area contributed by atoms with E-state index in [0.717, 1.165) is 0 Å². The normalized spacial score (nSPS) is 14.5. The first kappa shape index (κ1) is 12.3. The lowest BCUT2D eigenvalue weighted by Gasteiger charge is -2.13. The van der Waals surface area contributed by atoms with Crippen molar-refractivity contribution in [3.63, 3.8) is 0 Å². The molecule has 6 nitrogen and oxygen atoms in total. The average molecular weight is 211 g/mol. The summed E-state index contributed by atoms with van der Waals surface area (Å²) in [5.41, 5.74) is 0. The van der Waals surface area contributed by atoms with Gasteiger partial charge in [-0.05, 0) is 13.8 Å². The number of aliphatic carboxylic acids is 1. The summed E-state index contributed by atoms with van der Waals surface area (Å²) in [6.45, 7) is 2.07. The van der Waals surface area contributed by atoms with E-state index in [0.29, 0.717) is 0 Å². The van der Waals surface area contributed by atoms with E-state index in [1.165, 1.54) is 13.8 Å². The Labute approximate surface area is 76.6 Å². The number of hydrogen-bond acceptors (Lipinski definition) is 4. The van der Waals surface area contributed by atoms with E-state index in [4.69, 9.17) is 10.2 Å². The van der Waals surface area contributed by atoms with E-state index < -0.39 is 33.9 Å². The highest BCUT2D eigenvalue weighted by molar-refractivity contribution is 7.90. The summed E-state index contributed by atoms with van der Waals surface area (Å²) in [5.74, 6) is -1.40. The van der Waals surface area contributed by atoms with Crippen LogP contribution in [-0.2, 0) is 14.8 Å². The molecule has 1 atom stereocenters. The topological polar surface area (TPSA) is 104 Å². The second kappa shape index (κ2) is 4.54. The van der Waals surface area contributed by atoms with Crippen LogP contribution in [0.3, 0.4) is 0 Å². The molecule has 13 heavy (non-hydrogen) atoms. The third kappa shape index (κ3) is 3.71. The minimum Gasteiger partial charge on any atom is -0.480 e. The van der Waals surface area contributed by atoms with E-state index in [1.807, 2.05) is 4.72 Å². The predicted octanol–water partition coefficient (Wildman–Crippen LogP) is -1.24. The highest BCUT2D eigenvalue weighted by Crippen LogP contribution is 1.98. The van der Waals surface area contributed by atoms with Crippen LogP contribution in [-0.4, -0.2) is 42.5 Å². The summed E-state index contributed by atoms with van der Waals surface area (Å²) in [6.07, 6.45) is 0. The van der Waals surface area contributed by atoms with Gasteiger partial charge in [0.15, 0.2) is 0 Å². The predicted molar refractivity (Wildman–Crippen MR) is 45.7 cm³/mol. The smallest absolute Gasteiger partial charge is 0.324 e. The Balaban J connectivity index is 4.50. The molecule has 0 aromatic carbocycles. The van der Waals surface area contributed by atoms with Gasteiger partial charge in [0.2, 0.25) is 10.0 Å². The maximum absolute atomic E-state index is 11.1. The highest BCUT2D eigenvalue weighted by Gasteiger charge is 2.25. The fourth-order valence-electron chi connectivity index (χ4n) is 0.500. The molecule has 0 spiro atoms. The number of aliphatic hydroxyl groups is 1. The van der Waals surface area contributed by atoms with Crippen LogP contribution in [0.15, 0.2) is 0 Å². The Hall–Kier alpha value is -0.660. The molecule has 0 unspecified atom stereocenters. The summed E-state index contributed by atoms with van der Waals surface area (Å²) in [4.78, 5) is 10.3. The molecule has 0 heterocycles. The number of carboxylic acid groups (broad SMARTS) is 1. The average Bonchev–Trinajstić information content (AvgIpc) is 1.99. The molecule has 0 amide bonds. The Morgan fingerprint density at radius 3 is 2.15 bits per heavy atom. The lowest BCUT2D eigenvalue weighted by molar-refractivity contribution is -0.139. The molecule has 0 bridgehead atoms. The molecule has 0 fully saturated rings. The van der Waals surface area contributed by atoms with E-state index in [-0.39, 0.29) is 0 Å². The summed E-state index contributed by atoms with van der Waals surface area (Å²) in [7, 11) is -3.65. The Morgan fingerprint density at radius 1 is 1.46 bits per heavy atom. The highest BCUT2D eigenvalue weighted by atomic mass is 32.2. The molecule has 0 rings (SSSR count). The molecule has 0 aliphatic rings. The van der Waals surface area contributed by atoms with E-state index in [9.17, 15) is 13.2 Å². The van der Waals surface area contributed by atoms with Gasteiger partial charge in [0.1, 0.15) is 6.04 Å². The third-order valence-corrected chi connectivity index (χ3v) is 3.26. The molecule has 7 heteroatoms.